The molecule has 0 radical (unpaired) electrons. The highest BCUT2D eigenvalue weighted by Crippen LogP contribution is 2.09. The third-order valence-corrected chi connectivity index (χ3v) is 2.65. The van der Waals surface area contributed by atoms with Crippen LogP contribution < -0.4 is 5.73 Å². The SMILES string of the molecule is C=CCN(CCC)C(C)C(C)CN. The summed E-state index contributed by atoms with van der Waals surface area (Å²) in [6, 6.07) is 0.558. The lowest BCUT2D eigenvalue weighted by Gasteiger charge is -2.31. The number of nitrogens with zero attached hydrogens (tertiary/aromatic N) is 1. The van der Waals surface area contributed by atoms with Gasteiger partial charge in [0.05, 0.1) is 0 Å². The van der Waals surface area contributed by atoms with Crippen LogP contribution in [0.15, 0.2) is 12.7 Å². The second kappa shape index (κ2) is 7.10. The average molecular weight is 184 g/mol. The van der Waals surface area contributed by atoms with Crippen LogP contribution >= 0.6 is 0 Å². The first-order chi connectivity index (χ1) is 6.17. The van der Waals surface area contributed by atoms with Crippen molar-refractivity contribution >= 4 is 0 Å². The molecule has 13 heavy (non-hydrogen) atoms. The second-order valence-electron chi connectivity index (χ2n) is 3.74. The molecule has 78 valence electrons. The van der Waals surface area contributed by atoms with Crippen molar-refractivity contribution in [3.05, 3.63) is 12.7 Å². The molecule has 0 aliphatic heterocycles. The smallest absolute Gasteiger partial charge is 0.0163 e. The normalized spacial score (nSPS) is 15.8. The molecule has 2 N–H and O–H groups in total. The predicted molar refractivity (Wildman–Crippen MR) is 59.7 cm³/mol. The van der Waals surface area contributed by atoms with E-state index in [1.54, 1.807) is 0 Å². The van der Waals surface area contributed by atoms with Crippen molar-refractivity contribution in [1.82, 2.24) is 4.90 Å². The predicted octanol–water partition coefficient (Wildman–Crippen LogP) is 1.87. The zero-order valence-corrected chi connectivity index (χ0v) is 9.29. The second-order valence-corrected chi connectivity index (χ2v) is 3.74. The molecule has 0 spiro atoms. The van der Waals surface area contributed by atoms with Gasteiger partial charge in [0.15, 0.2) is 0 Å². The Morgan fingerprint density at radius 3 is 2.46 bits per heavy atom. The molecule has 0 aromatic heterocycles. The lowest BCUT2D eigenvalue weighted by Crippen LogP contribution is -2.40. The average Bonchev–Trinajstić information content (AvgIpc) is 2.15. The number of nitrogens with two attached hydrogens (primary N) is 1. The molecule has 0 rings (SSSR count). The molecule has 0 aliphatic carbocycles. The van der Waals surface area contributed by atoms with Gasteiger partial charge in [0.25, 0.3) is 0 Å². The summed E-state index contributed by atoms with van der Waals surface area (Å²) in [4.78, 5) is 2.44. The molecule has 2 nitrogen and oxygen atoms in total. The van der Waals surface area contributed by atoms with Crippen molar-refractivity contribution < 1.29 is 0 Å². The van der Waals surface area contributed by atoms with Crippen LogP contribution in [0.3, 0.4) is 0 Å². The van der Waals surface area contributed by atoms with Crippen LogP contribution in [0, 0.1) is 5.92 Å². The monoisotopic (exact) mass is 184 g/mol. The maximum atomic E-state index is 5.65. The first-order valence-electron chi connectivity index (χ1n) is 5.22. The summed E-state index contributed by atoms with van der Waals surface area (Å²) in [5.74, 6) is 0.562. The van der Waals surface area contributed by atoms with Gasteiger partial charge in [-0.1, -0.05) is 19.9 Å². The summed E-state index contributed by atoms with van der Waals surface area (Å²) in [7, 11) is 0. The topological polar surface area (TPSA) is 29.3 Å². The summed E-state index contributed by atoms with van der Waals surface area (Å²) in [6.45, 7) is 13.3. The van der Waals surface area contributed by atoms with Crippen LogP contribution in [0.1, 0.15) is 27.2 Å². The van der Waals surface area contributed by atoms with E-state index in [0.29, 0.717) is 12.0 Å². The Bertz CT molecular complexity index is 134. The van der Waals surface area contributed by atoms with Gasteiger partial charge in [-0.3, -0.25) is 4.90 Å². The Morgan fingerprint density at radius 1 is 1.46 bits per heavy atom. The Morgan fingerprint density at radius 2 is 2.08 bits per heavy atom. The summed E-state index contributed by atoms with van der Waals surface area (Å²) < 4.78 is 0. The third-order valence-electron chi connectivity index (χ3n) is 2.65. The fraction of sp³-hybridized carbons (Fsp3) is 0.818. The molecule has 0 saturated carbocycles. The number of rotatable bonds is 7. The standard InChI is InChI=1S/C11H24N2/c1-5-7-13(8-6-2)11(4)10(3)9-12/h5,10-11H,1,6-9,12H2,2-4H3. The first-order valence-corrected chi connectivity index (χ1v) is 5.22. The van der Waals surface area contributed by atoms with E-state index in [4.69, 9.17) is 5.73 Å². The molecule has 2 heteroatoms. The molecular weight excluding hydrogens is 160 g/mol. The summed E-state index contributed by atoms with van der Waals surface area (Å²) in [6.07, 6.45) is 3.16. The van der Waals surface area contributed by atoms with E-state index in [0.717, 1.165) is 19.6 Å². The Labute approximate surface area is 82.8 Å². The Hall–Kier alpha value is -0.340. The number of hydrogen-bond donors (Lipinski definition) is 1. The zero-order valence-electron chi connectivity index (χ0n) is 9.29. The molecule has 2 unspecified atom stereocenters. The molecule has 0 amide bonds. The molecule has 0 fully saturated rings. The lowest BCUT2D eigenvalue weighted by molar-refractivity contribution is 0.182. The van der Waals surface area contributed by atoms with Gasteiger partial charge in [-0.2, -0.15) is 0 Å². The van der Waals surface area contributed by atoms with Crippen LogP contribution in [0.4, 0.5) is 0 Å². The molecule has 0 aliphatic rings. The van der Waals surface area contributed by atoms with Crippen molar-refractivity contribution in [2.75, 3.05) is 19.6 Å². The van der Waals surface area contributed by atoms with Crippen LogP contribution in [-0.2, 0) is 0 Å². The summed E-state index contributed by atoms with van der Waals surface area (Å²) in [5.41, 5.74) is 5.65. The van der Waals surface area contributed by atoms with Gasteiger partial charge in [0.1, 0.15) is 0 Å². The fourth-order valence-corrected chi connectivity index (χ4v) is 1.47. The minimum atomic E-state index is 0.558. The van der Waals surface area contributed by atoms with Gasteiger partial charge in [0.2, 0.25) is 0 Å². The van der Waals surface area contributed by atoms with Crippen LogP contribution in [-0.4, -0.2) is 30.6 Å². The maximum absolute atomic E-state index is 5.65. The Kier molecular flexibility index (Phi) is 6.92. The van der Waals surface area contributed by atoms with Crippen LogP contribution in [0.25, 0.3) is 0 Å². The molecule has 0 heterocycles. The maximum Gasteiger partial charge on any atom is 0.0163 e. The fourth-order valence-electron chi connectivity index (χ4n) is 1.47. The third kappa shape index (κ3) is 4.44. The van der Waals surface area contributed by atoms with Crippen molar-refractivity contribution in [1.29, 1.82) is 0 Å². The molecule has 0 saturated heterocycles. The van der Waals surface area contributed by atoms with E-state index >= 15 is 0 Å². The zero-order chi connectivity index (χ0) is 10.3. The van der Waals surface area contributed by atoms with E-state index in [1.165, 1.54) is 6.42 Å². The van der Waals surface area contributed by atoms with Crippen molar-refractivity contribution in [2.24, 2.45) is 11.7 Å². The molecule has 0 aromatic rings. The molecular formula is C11H24N2. The largest absolute Gasteiger partial charge is 0.330 e. The van der Waals surface area contributed by atoms with Gasteiger partial charge in [-0.05, 0) is 32.4 Å². The minimum Gasteiger partial charge on any atom is -0.330 e. The summed E-state index contributed by atoms with van der Waals surface area (Å²) in [5, 5.41) is 0. The van der Waals surface area contributed by atoms with Crippen molar-refractivity contribution in [3.63, 3.8) is 0 Å². The highest BCUT2D eigenvalue weighted by molar-refractivity contribution is 4.80. The van der Waals surface area contributed by atoms with Gasteiger partial charge < -0.3 is 5.73 Å². The van der Waals surface area contributed by atoms with Gasteiger partial charge in [0, 0.05) is 12.6 Å². The first kappa shape index (κ1) is 12.7. The van der Waals surface area contributed by atoms with E-state index in [9.17, 15) is 0 Å². The van der Waals surface area contributed by atoms with Gasteiger partial charge in [-0.15, -0.1) is 6.58 Å². The Balaban J connectivity index is 4.08. The minimum absolute atomic E-state index is 0.558. The quantitative estimate of drug-likeness (QED) is 0.612. The van der Waals surface area contributed by atoms with E-state index < -0.39 is 0 Å². The van der Waals surface area contributed by atoms with Gasteiger partial charge in [-0.25, -0.2) is 0 Å². The van der Waals surface area contributed by atoms with Crippen LogP contribution in [0.5, 0.6) is 0 Å². The molecule has 0 bridgehead atoms. The van der Waals surface area contributed by atoms with Crippen molar-refractivity contribution in [2.45, 2.75) is 33.2 Å². The van der Waals surface area contributed by atoms with E-state index in [-0.39, 0.29) is 0 Å². The van der Waals surface area contributed by atoms with Gasteiger partial charge >= 0.3 is 0 Å². The molecule has 2 atom stereocenters. The van der Waals surface area contributed by atoms with Crippen LogP contribution in [0.2, 0.25) is 0 Å². The highest BCUT2D eigenvalue weighted by atomic mass is 15.1. The molecule has 0 aromatic carbocycles. The lowest BCUT2D eigenvalue weighted by atomic mass is 10.0. The van der Waals surface area contributed by atoms with E-state index in [2.05, 4.69) is 32.3 Å². The number of hydrogen-bond acceptors (Lipinski definition) is 2. The van der Waals surface area contributed by atoms with E-state index in [1.807, 2.05) is 6.08 Å². The van der Waals surface area contributed by atoms with Crippen molar-refractivity contribution in [3.8, 4) is 0 Å². The summed E-state index contributed by atoms with van der Waals surface area (Å²) >= 11 is 0. The highest BCUT2D eigenvalue weighted by Gasteiger charge is 2.16.